The van der Waals surface area contributed by atoms with Crippen LogP contribution in [0.2, 0.25) is 0 Å². The molecule has 3 N–H and O–H groups in total. The van der Waals surface area contributed by atoms with Gasteiger partial charge >= 0.3 is 0 Å². The molecule has 7 heteroatoms. The third kappa shape index (κ3) is 3.62. The zero-order valence-corrected chi connectivity index (χ0v) is 14.7. The van der Waals surface area contributed by atoms with Crippen LogP contribution in [0.1, 0.15) is 24.0 Å². The summed E-state index contributed by atoms with van der Waals surface area (Å²) in [5.41, 5.74) is 7.81. The first kappa shape index (κ1) is 17.1. The monoisotopic (exact) mass is 364 g/mol. The number of carbonyl (C=O) groups excluding carboxylic acids is 2. The molecule has 0 aliphatic carbocycles. The summed E-state index contributed by atoms with van der Waals surface area (Å²) in [5.74, 6) is 0.516. The normalized spacial score (nSPS) is 17.6. The third-order valence-corrected chi connectivity index (χ3v) is 4.86. The second kappa shape index (κ2) is 7.11. The fraction of sp³-hybridized carbons (Fsp3) is 0.250. The number of phenolic OH excluding ortho intramolecular Hbond substituents is 1. The molecule has 0 bridgehead atoms. The maximum atomic E-state index is 12.6. The Balaban J connectivity index is 1.34. The average molecular weight is 364 g/mol. The predicted octanol–water partition coefficient (Wildman–Crippen LogP) is 1.79. The van der Waals surface area contributed by atoms with Gasteiger partial charge in [-0.15, -0.1) is 0 Å². The average Bonchev–Trinajstić information content (AvgIpc) is 3.09. The predicted molar refractivity (Wildman–Crippen MR) is 100 cm³/mol. The lowest BCUT2D eigenvalue weighted by Gasteiger charge is -2.29. The molecule has 2 amide bonds. The number of hydrogen-bond donors (Lipinski definition) is 3. The van der Waals surface area contributed by atoms with E-state index in [1.165, 1.54) is 12.1 Å². The van der Waals surface area contributed by atoms with Crippen LogP contribution < -0.4 is 10.9 Å². The Bertz CT molecular complexity index is 908. The highest BCUT2D eigenvalue weighted by Crippen LogP contribution is 2.32. The van der Waals surface area contributed by atoms with E-state index in [9.17, 15) is 14.7 Å². The minimum Gasteiger partial charge on any atom is -0.508 e. The summed E-state index contributed by atoms with van der Waals surface area (Å²) in [6.07, 6.45) is 1.54. The van der Waals surface area contributed by atoms with Gasteiger partial charge in [0.05, 0.1) is 12.1 Å². The molecule has 1 fully saturated rings. The van der Waals surface area contributed by atoms with E-state index in [0.717, 1.165) is 29.1 Å². The van der Waals surface area contributed by atoms with Crippen LogP contribution in [0.5, 0.6) is 5.75 Å². The van der Waals surface area contributed by atoms with Crippen molar-refractivity contribution in [2.45, 2.75) is 31.8 Å². The Labute approximate surface area is 156 Å². The lowest BCUT2D eigenvalue weighted by atomic mass is 10.1. The van der Waals surface area contributed by atoms with E-state index in [1.54, 1.807) is 12.1 Å². The smallest absolute Gasteiger partial charge is 0.261 e. The molecule has 4 rings (SSSR count). The van der Waals surface area contributed by atoms with Gasteiger partial charge in [0, 0.05) is 13.0 Å². The highest BCUT2D eigenvalue weighted by Gasteiger charge is 2.36. The van der Waals surface area contributed by atoms with Gasteiger partial charge in [0.15, 0.2) is 0 Å². The Kier molecular flexibility index (Phi) is 4.50. The molecule has 0 aromatic heterocycles. The van der Waals surface area contributed by atoms with Crippen molar-refractivity contribution in [2.24, 2.45) is 4.99 Å². The Morgan fingerprint density at radius 1 is 1.11 bits per heavy atom. The molecule has 1 atom stereocenters. The van der Waals surface area contributed by atoms with Crippen LogP contribution >= 0.6 is 0 Å². The van der Waals surface area contributed by atoms with Crippen molar-refractivity contribution in [3.63, 3.8) is 0 Å². The summed E-state index contributed by atoms with van der Waals surface area (Å²) in [7, 11) is 0. The number of nitrogens with one attached hydrogen (secondary N) is 2. The Hall–Kier alpha value is -3.35. The van der Waals surface area contributed by atoms with Gasteiger partial charge in [0.1, 0.15) is 17.6 Å². The maximum Gasteiger partial charge on any atom is 0.261 e. The van der Waals surface area contributed by atoms with Crippen LogP contribution in [0, 0.1) is 0 Å². The van der Waals surface area contributed by atoms with Crippen LogP contribution in [-0.2, 0) is 22.6 Å². The van der Waals surface area contributed by atoms with Crippen LogP contribution in [0.3, 0.4) is 0 Å². The summed E-state index contributed by atoms with van der Waals surface area (Å²) >= 11 is 0. The van der Waals surface area contributed by atoms with Crippen molar-refractivity contribution in [3.8, 4) is 5.75 Å². The fourth-order valence-electron chi connectivity index (χ4n) is 3.47. The first-order chi connectivity index (χ1) is 13.1. The number of nitrogens with zero attached hydrogens (tertiary/aromatic N) is 2. The molecule has 7 nitrogen and oxygen atoms in total. The second-order valence-electron chi connectivity index (χ2n) is 6.72. The van der Waals surface area contributed by atoms with Crippen LogP contribution in [0.4, 0.5) is 5.69 Å². The molecule has 0 unspecified atom stereocenters. The van der Waals surface area contributed by atoms with Crippen molar-refractivity contribution in [2.75, 3.05) is 0 Å². The summed E-state index contributed by atoms with van der Waals surface area (Å²) in [5, 5.41) is 9.27. The van der Waals surface area contributed by atoms with Gasteiger partial charge in [0.2, 0.25) is 5.91 Å². The number of hydrogen-bond acceptors (Lipinski definition) is 5. The number of amides is 2. The van der Waals surface area contributed by atoms with Crippen molar-refractivity contribution in [1.29, 1.82) is 0 Å². The summed E-state index contributed by atoms with van der Waals surface area (Å²) in [6, 6.07) is 14.0. The number of benzene rings is 2. The first-order valence-electron chi connectivity index (χ1n) is 8.89. The first-order valence-corrected chi connectivity index (χ1v) is 8.89. The molecule has 2 aliphatic rings. The quantitative estimate of drug-likeness (QED) is 0.724. The van der Waals surface area contributed by atoms with E-state index >= 15 is 0 Å². The van der Waals surface area contributed by atoms with E-state index in [1.807, 2.05) is 29.2 Å². The van der Waals surface area contributed by atoms with Crippen LogP contribution in [0.15, 0.2) is 53.5 Å². The number of carbonyl (C=O) groups is 2. The fourth-order valence-corrected chi connectivity index (χ4v) is 3.47. The molecule has 2 aromatic carbocycles. The van der Waals surface area contributed by atoms with Gasteiger partial charge in [-0.1, -0.05) is 30.3 Å². The third-order valence-electron chi connectivity index (χ3n) is 4.86. The van der Waals surface area contributed by atoms with Gasteiger partial charge in [-0.25, -0.2) is 4.99 Å². The maximum absolute atomic E-state index is 12.6. The van der Waals surface area contributed by atoms with Gasteiger partial charge in [-0.2, -0.15) is 0 Å². The molecule has 27 heavy (non-hydrogen) atoms. The second-order valence-corrected chi connectivity index (χ2v) is 6.72. The lowest BCUT2D eigenvalue weighted by Crippen LogP contribution is -2.51. The van der Waals surface area contributed by atoms with Gasteiger partial charge in [-0.3, -0.25) is 20.4 Å². The highest BCUT2D eigenvalue weighted by atomic mass is 16.3. The number of fused-ring (bicyclic) bond motifs is 2. The number of hydrazine groups is 1. The minimum absolute atomic E-state index is 0.120. The van der Waals surface area contributed by atoms with Crippen molar-refractivity contribution in [3.05, 3.63) is 59.7 Å². The van der Waals surface area contributed by atoms with Crippen LogP contribution in [0.25, 0.3) is 0 Å². The number of phenols is 1. The molecule has 2 heterocycles. The zero-order valence-electron chi connectivity index (χ0n) is 14.7. The number of aliphatic imine (C=N–C) groups is 1. The minimum atomic E-state index is -0.342. The molecule has 0 spiro atoms. The standard InChI is InChI=1S/C20H20N4O3/c25-15-7-5-13(6-8-15)11-19(26)22-23-20(27)17-9-10-18-21-16-4-2-1-3-14(16)12-24(17)18/h1-8,17,25H,9-12H2,(H,22,26)(H,23,27)/t17-/m0/s1. The molecule has 2 aliphatic heterocycles. The van der Waals surface area contributed by atoms with Crippen molar-refractivity contribution >= 4 is 23.3 Å². The van der Waals surface area contributed by atoms with Crippen molar-refractivity contribution in [1.82, 2.24) is 15.8 Å². The van der Waals surface area contributed by atoms with E-state index < -0.39 is 0 Å². The molecule has 1 saturated heterocycles. The van der Waals surface area contributed by atoms with Gasteiger partial charge < -0.3 is 10.0 Å². The van der Waals surface area contributed by atoms with Gasteiger partial charge in [0.25, 0.3) is 5.91 Å². The lowest BCUT2D eigenvalue weighted by molar-refractivity contribution is -0.130. The Morgan fingerprint density at radius 3 is 2.70 bits per heavy atom. The molecular formula is C20H20N4O3. The summed E-state index contributed by atoms with van der Waals surface area (Å²) in [4.78, 5) is 31.3. The summed E-state index contributed by atoms with van der Waals surface area (Å²) in [6.45, 7) is 0.647. The largest absolute Gasteiger partial charge is 0.508 e. The van der Waals surface area contributed by atoms with E-state index in [0.29, 0.717) is 13.0 Å². The number of para-hydroxylation sites is 1. The molecule has 0 radical (unpaired) electrons. The summed E-state index contributed by atoms with van der Waals surface area (Å²) < 4.78 is 0. The number of aromatic hydroxyl groups is 1. The van der Waals surface area contributed by atoms with E-state index in [2.05, 4.69) is 15.8 Å². The highest BCUT2D eigenvalue weighted by molar-refractivity contribution is 5.96. The molecular weight excluding hydrogens is 344 g/mol. The Morgan fingerprint density at radius 2 is 1.89 bits per heavy atom. The number of rotatable bonds is 3. The van der Waals surface area contributed by atoms with E-state index in [4.69, 9.17) is 0 Å². The molecule has 2 aromatic rings. The zero-order chi connectivity index (χ0) is 18.8. The van der Waals surface area contributed by atoms with Gasteiger partial charge in [-0.05, 0) is 35.7 Å². The van der Waals surface area contributed by atoms with Crippen molar-refractivity contribution < 1.29 is 14.7 Å². The van der Waals surface area contributed by atoms with E-state index in [-0.39, 0.29) is 30.0 Å². The SMILES string of the molecule is O=C(Cc1ccc(O)cc1)NNC(=O)[C@@H]1CCC2=Nc3ccccc3CN21. The molecule has 0 saturated carbocycles. The topological polar surface area (TPSA) is 94.0 Å². The van der Waals surface area contributed by atoms with Crippen LogP contribution in [-0.4, -0.2) is 33.7 Å². The number of amidine groups is 1. The molecule has 138 valence electrons.